The van der Waals surface area contributed by atoms with Gasteiger partial charge in [0.15, 0.2) is 0 Å². The van der Waals surface area contributed by atoms with E-state index in [0.29, 0.717) is 11.3 Å². The molecular weight excluding hydrogens is 433 g/mol. The Labute approximate surface area is 189 Å². The number of hydrogen-bond donors (Lipinski definition) is 1. The maximum absolute atomic E-state index is 13.8. The molecule has 1 N–H and O–H groups in total. The van der Waals surface area contributed by atoms with E-state index in [1.165, 1.54) is 31.4 Å². The predicted molar refractivity (Wildman–Crippen MR) is 120 cm³/mol. The second-order valence-corrected chi connectivity index (χ2v) is 7.33. The minimum absolute atomic E-state index is 0.00976. The molecule has 0 saturated carbocycles. The van der Waals surface area contributed by atoms with Crippen LogP contribution in [0.25, 0.3) is 11.8 Å². The zero-order valence-electron chi connectivity index (χ0n) is 17.6. The summed E-state index contributed by atoms with van der Waals surface area (Å²) < 4.78 is 20.4. The SMILES string of the molecule is COC(=O)c1ccc(-n2c(C)cc(/C=C(/C#N)C(=O)Nc3ccccc3F)c2C)cc1Cl. The molecule has 0 aliphatic heterocycles. The second-order valence-electron chi connectivity index (χ2n) is 6.92. The molecule has 0 saturated heterocycles. The molecule has 3 aromatic rings. The normalized spacial score (nSPS) is 11.1. The van der Waals surface area contributed by atoms with Crippen LogP contribution in [0.1, 0.15) is 27.3 Å². The Bertz CT molecular complexity index is 1290. The number of methoxy groups -OCH3 is 1. The molecule has 0 radical (unpaired) electrons. The van der Waals surface area contributed by atoms with Gasteiger partial charge in [-0.25, -0.2) is 9.18 Å². The summed E-state index contributed by atoms with van der Waals surface area (Å²) in [5.41, 5.74) is 2.97. The molecule has 0 unspecified atom stereocenters. The number of nitrogens with zero attached hydrogens (tertiary/aromatic N) is 2. The molecule has 32 heavy (non-hydrogen) atoms. The number of halogens is 2. The maximum atomic E-state index is 13.8. The number of carbonyl (C=O) groups excluding carboxylic acids is 2. The molecule has 0 atom stereocenters. The number of benzene rings is 2. The molecule has 162 valence electrons. The first-order valence-electron chi connectivity index (χ1n) is 9.51. The fourth-order valence-corrected chi connectivity index (χ4v) is 3.56. The van der Waals surface area contributed by atoms with Gasteiger partial charge in [0.25, 0.3) is 5.91 Å². The number of anilines is 1. The van der Waals surface area contributed by atoms with Crippen molar-refractivity contribution in [3.05, 3.63) is 87.5 Å². The first kappa shape index (κ1) is 22.8. The van der Waals surface area contributed by atoms with E-state index >= 15 is 0 Å². The van der Waals surface area contributed by atoms with Gasteiger partial charge in [-0.05, 0) is 61.9 Å². The Morgan fingerprint density at radius 1 is 1.19 bits per heavy atom. The van der Waals surface area contributed by atoms with E-state index in [-0.39, 0.29) is 21.8 Å². The summed E-state index contributed by atoms with van der Waals surface area (Å²) in [5.74, 6) is -1.85. The van der Waals surface area contributed by atoms with Crippen LogP contribution in [0.5, 0.6) is 0 Å². The molecule has 2 aromatic carbocycles. The summed E-state index contributed by atoms with van der Waals surface area (Å²) >= 11 is 6.25. The van der Waals surface area contributed by atoms with Crippen molar-refractivity contribution in [1.82, 2.24) is 4.57 Å². The lowest BCUT2D eigenvalue weighted by Crippen LogP contribution is -2.14. The number of aryl methyl sites for hydroxylation is 1. The number of rotatable bonds is 5. The molecule has 1 heterocycles. The van der Waals surface area contributed by atoms with Gasteiger partial charge >= 0.3 is 5.97 Å². The summed E-state index contributed by atoms with van der Waals surface area (Å²) in [4.78, 5) is 24.3. The highest BCUT2D eigenvalue weighted by Crippen LogP contribution is 2.27. The van der Waals surface area contributed by atoms with Gasteiger partial charge in [-0.15, -0.1) is 0 Å². The zero-order valence-corrected chi connectivity index (χ0v) is 18.3. The lowest BCUT2D eigenvalue weighted by molar-refractivity contribution is -0.112. The summed E-state index contributed by atoms with van der Waals surface area (Å²) in [7, 11) is 1.28. The Morgan fingerprint density at radius 3 is 2.53 bits per heavy atom. The van der Waals surface area contributed by atoms with Crippen molar-refractivity contribution >= 4 is 35.2 Å². The van der Waals surface area contributed by atoms with Gasteiger partial charge < -0.3 is 14.6 Å². The van der Waals surface area contributed by atoms with Crippen molar-refractivity contribution in [3.63, 3.8) is 0 Å². The van der Waals surface area contributed by atoms with Gasteiger partial charge in [0.05, 0.1) is 23.4 Å². The van der Waals surface area contributed by atoms with Crippen LogP contribution in [-0.4, -0.2) is 23.6 Å². The molecule has 1 amide bonds. The molecule has 0 aliphatic rings. The first-order chi connectivity index (χ1) is 15.3. The number of amides is 1. The third kappa shape index (κ3) is 4.56. The molecule has 1 aromatic heterocycles. The highest BCUT2D eigenvalue weighted by molar-refractivity contribution is 6.33. The number of hydrogen-bond acceptors (Lipinski definition) is 4. The molecule has 0 fully saturated rings. The molecule has 8 heteroatoms. The van der Waals surface area contributed by atoms with E-state index in [4.69, 9.17) is 16.3 Å². The lowest BCUT2D eigenvalue weighted by Gasteiger charge is -2.12. The Hall–Kier alpha value is -3.89. The predicted octanol–water partition coefficient (Wildman–Crippen LogP) is 5.22. The molecule has 0 bridgehead atoms. The number of para-hydroxylation sites is 1. The zero-order chi connectivity index (χ0) is 23.4. The van der Waals surface area contributed by atoms with Crippen LogP contribution in [0.4, 0.5) is 10.1 Å². The van der Waals surface area contributed by atoms with Crippen LogP contribution < -0.4 is 5.32 Å². The van der Waals surface area contributed by atoms with Gasteiger partial charge in [0, 0.05) is 17.1 Å². The van der Waals surface area contributed by atoms with Crippen LogP contribution in [0, 0.1) is 31.0 Å². The maximum Gasteiger partial charge on any atom is 0.339 e. The molecule has 3 rings (SSSR count). The van der Waals surface area contributed by atoms with Crippen LogP contribution in [0.3, 0.4) is 0 Å². The van der Waals surface area contributed by atoms with E-state index in [0.717, 1.165) is 11.4 Å². The average molecular weight is 452 g/mol. The topological polar surface area (TPSA) is 84.1 Å². The lowest BCUT2D eigenvalue weighted by atomic mass is 10.1. The summed E-state index contributed by atoms with van der Waals surface area (Å²) in [6.45, 7) is 3.68. The van der Waals surface area contributed by atoms with Gasteiger partial charge in [-0.3, -0.25) is 4.79 Å². The minimum Gasteiger partial charge on any atom is -0.465 e. The van der Waals surface area contributed by atoms with E-state index in [1.807, 2.05) is 30.6 Å². The van der Waals surface area contributed by atoms with Gasteiger partial charge in [-0.1, -0.05) is 23.7 Å². The molecule has 6 nitrogen and oxygen atoms in total. The highest BCUT2D eigenvalue weighted by Gasteiger charge is 2.17. The quantitative estimate of drug-likeness (QED) is 0.327. The largest absolute Gasteiger partial charge is 0.465 e. The summed E-state index contributed by atoms with van der Waals surface area (Å²) in [6, 6.07) is 14.3. The Balaban J connectivity index is 1.96. The highest BCUT2D eigenvalue weighted by atomic mass is 35.5. The standard InChI is InChI=1S/C24H19ClFN3O3/c1-14-10-16(11-17(13-27)23(30)28-22-7-5-4-6-21(22)26)15(2)29(14)18-8-9-19(20(25)12-18)24(31)32-3/h4-12H,1-3H3,(H,28,30)/b17-11-. The fraction of sp³-hybridized carbons (Fsp3) is 0.125. The van der Waals surface area contributed by atoms with Crippen molar-refractivity contribution in [2.24, 2.45) is 0 Å². The summed E-state index contributed by atoms with van der Waals surface area (Å²) in [6.07, 6.45) is 1.44. The smallest absolute Gasteiger partial charge is 0.339 e. The number of aromatic nitrogens is 1. The van der Waals surface area contributed by atoms with Crippen molar-refractivity contribution < 1.29 is 18.7 Å². The van der Waals surface area contributed by atoms with Crippen molar-refractivity contribution in [2.45, 2.75) is 13.8 Å². The van der Waals surface area contributed by atoms with Gasteiger partial charge in [0.2, 0.25) is 0 Å². The van der Waals surface area contributed by atoms with Crippen LogP contribution in [0.2, 0.25) is 5.02 Å². The van der Waals surface area contributed by atoms with E-state index in [2.05, 4.69) is 5.32 Å². The van der Waals surface area contributed by atoms with E-state index in [9.17, 15) is 19.2 Å². The van der Waals surface area contributed by atoms with Crippen molar-refractivity contribution in [1.29, 1.82) is 5.26 Å². The van der Waals surface area contributed by atoms with Crippen LogP contribution >= 0.6 is 11.6 Å². The van der Waals surface area contributed by atoms with Gasteiger partial charge in [-0.2, -0.15) is 5.26 Å². The van der Waals surface area contributed by atoms with E-state index < -0.39 is 17.7 Å². The second kappa shape index (κ2) is 9.50. The van der Waals surface area contributed by atoms with Crippen LogP contribution in [-0.2, 0) is 9.53 Å². The van der Waals surface area contributed by atoms with Crippen molar-refractivity contribution in [3.8, 4) is 11.8 Å². The third-order valence-electron chi connectivity index (χ3n) is 4.87. The van der Waals surface area contributed by atoms with Crippen LogP contribution in [0.15, 0.2) is 54.1 Å². The molecular formula is C24H19ClFN3O3. The number of carbonyl (C=O) groups is 2. The first-order valence-corrected chi connectivity index (χ1v) is 9.89. The Morgan fingerprint density at radius 2 is 1.91 bits per heavy atom. The van der Waals surface area contributed by atoms with Gasteiger partial charge in [0.1, 0.15) is 17.5 Å². The minimum atomic E-state index is -0.715. The number of ether oxygens (including phenoxy) is 1. The molecule has 0 aliphatic carbocycles. The summed E-state index contributed by atoms with van der Waals surface area (Å²) in [5, 5.41) is 12.1. The number of esters is 1. The Kier molecular flexibility index (Phi) is 6.76. The van der Waals surface area contributed by atoms with Crippen molar-refractivity contribution in [2.75, 3.05) is 12.4 Å². The number of nitriles is 1. The number of nitrogens with one attached hydrogen (secondary N) is 1. The third-order valence-corrected chi connectivity index (χ3v) is 5.19. The molecule has 0 spiro atoms. The average Bonchev–Trinajstić information content (AvgIpc) is 3.05. The fourth-order valence-electron chi connectivity index (χ4n) is 3.31. The monoisotopic (exact) mass is 451 g/mol. The van der Waals surface area contributed by atoms with E-state index in [1.54, 1.807) is 24.3 Å².